The Labute approximate surface area is 162 Å². The van der Waals surface area contributed by atoms with E-state index in [1.807, 2.05) is 25.2 Å². The zero-order valence-corrected chi connectivity index (χ0v) is 16.8. The Balaban J connectivity index is 1.70. The molecule has 0 spiro atoms. The maximum Gasteiger partial charge on any atom is 0.125 e. The minimum Gasteiger partial charge on any atom is -0.402 e. The van der Waals surface area contributed by atoms with Crippen molar-refractivity contribution in [2.45, 2.75) is 32.6 Å². The first-order valence-corrected chi connectivity index (χ1v) is 9.93. The highest BCUT2D eigenvalue weighted by molar-refractivity contribution is 6.30. The zero-order valence-electron chi connectivity index (χ0n) is 16.0. The quantitative estimate of drug-likeness (QED) is 0.351. The summed E-state index contributed by atoms with van der Waals surface area (Å²) in [6.45, 7) is 6.72. The van der Waals surface area contributed by atoms with Crippen LogP contribution in [0.1, 0.15) is 32.6 Å². The van der Waals surface area contributed by atoms with E-state index in [4.69, 9.17) is 17.3 Å². The number of anilines is 1. The average molecular weight is 378 g/mol. The number of allylic oxidation sites excluding steroid dienone is 1. The third-order valence-corrected chi connectivity index (χ3v) is 4.96. The van der Waals surface area contributed by atoms with E-state index in [-0.39, 0.29) is 0 Å². The van der Waals surface area contributed by atoms with Gasteiger partial charge in [-0.3, -0.25) is 4.99 Å². The van der Waals surface area contributed by atoms with Gasteiger partial charge in [0.05, 0.1) is 0 Å². The Bertz CT molecular complexity index is 626. The minimum atomic E-state index is 0.779. The summed E-state index contributed by atoms with van der Waals surface area (Å²) in [5.41, 5.74) is 9.52. The predicted octanol–water partition coefficient (Wildman–Crippen LogP) is 3.16. The Kier molecular flexibility index (Phi) is 8.78. The highest BCUT2D eigenvalue weighted by Crippen LogP contribution is 2.22. The Hall–Kier alpha value is -1.72. The van der Waals surface area contributed by atoms with Crippen LogP contribution in [0.5, 0.6) is 0 Å². The molecule has 5 nitrogen and oxygen atoms in total. The van der Waals surface area contributed by atoms with E-state index < -0.39 is 0 Å². The molecule has 0 radical (unpaired) electrons. The van der Waals surface area contributed by atoms with Crippen LogP contribution < -0.4 is 21.3 Å². The molecule has 0 aliphatic heterocycles. The second-order valence-electron chi connectivity index (χ2n) is 6.52. The standard InChI is InChI=1S/C20H32ClN5/c1-3-26(17-8-6-7-16(21)15-17)14-13-24-11-12-25-20(23-2)18-9-4-5-10-19(18)22/h6-8,15,24H,3-5,9-14,22H2,1-2H3,(H,23,25). The number of aliphatic imine (C=N–C) groups is 1. The first kappa shape index (κ1) is 20.6. The molecular weight excluding hydrogens is 346 g/mol. The van der Waals surface area contributed by atoms with Crippen molar-refractivity contribution in [1.82, 2.24) is 10.6 Å². The summed E-state index contributed by atoms with van der Waals surface area (Å²) in [6.07, 6.45) is 4.41. The van der Waals surface area contributed by atoms with Crippen LogP contribution >= 0.6 is 11.6 Å². The van der Waals surface area contributed by atoms with E-state index >= 15 is 0 Å². The Morgan fingerprint density at radius 1 is 1.23 bits per heavy atom. The number of hydrogen-bond acceptors (Lipinski definition) is 4. The summed E-state index contributed by atoms with van der Waals surface area (Å²) in [6, 6.07) is 8.02. The third-order valence-electron chi connectivity index (χ3n) is 4.73. The molecule has 26 heavy (non-hydrogen) atoms. The third kappa shape index (κ3) is 6.22. The van der Waals surface area contributed by atoms with Crippen molar-refractivity contribution in [3.8, 4) is 0 Å². The normalized spacial score (nSPS) is 15.3. The SMILES string of the molecule is CCN(CCNCCNC(=NC)C1=C(N)CCCC1)c1cccc(Cl)c1. The van der Waals surface area contributed by atoms with Crippen LogP contribution in [0.4, 0.5) is 5.69 Å². The van der Waals surface area contributed by atoms with Crippen LogP contribution in [0, 0.1) is 0 Å². The molecule has 1 aliphatic rings. The van der Waals surface area contributed by atoms with Gasteiger partial charge in [-0.1, -0.05) is 17.7 Å². The van der Waals surface area contributed by atoms with Crippen LogP contribution in [0.25, 0.3) is 0 Å². The smallest absolute Gasteiger partial charge is 0.125 e. The molecule has 0 atom stereocenters. The molecule has 144 valence electrons. The first-order valence-electron chi connectivity index (χ1n) is 9.55. The molecule has 0 amide bonds. The van der Waals surface area contributed by atoms with Crippen molar-refractivity contribution < 1.29 is 0 Å². The number of hydrogen-bond donors (Lipinski definition) is 3. The van der Waals surface area contributed by atoms with Gasteiger partial charge in [0.1, 0.15) is 5.84 Å². The van der Waals surface area contributed by atoms with Crippen LogP contribution in [0.2, 0.25) is 5.02 Å². The predicted molar refractivity (Wildman–Crippen MR) is 113 cm³/mol. The molecule has 0 heterocycles. The van der Waals surface area contributed by atoms with E-state index in [2.05, 4.69) is 33.5 Å². The number of likely N-dealkylation sites (N-methyl/N-ethyl adjacent to an activating group) is 1. The molecule has 0 unspecified atom stereocenters. The Morgan fingerprint density at radius 3 is 2.73 bits per heavy atom. The number of nitrogens with two attached hydrogens (primary N) is 1. The minimum absolute atomic E-state index is 0.779. The fraction of sp³-hybridized carbons (Fsp3) is 0.550. The van der Waals surface area contributed by atoms with Crippen LogP contribution in [0.3, 0.4) is 0 Å². The van der Waals surface area contributed by atoms with Crippen molar-refractivity contribution in [3.05, 3.63) is 40.6 Å². The molecule has 0 saturated carbocycles. The van der Waals surface area contributed by atoms with Gasteiger partial charge < -0.3 is 21.3 Å². The number of rotatable bonds is 9. The highest BCUT2D eigenvalue weighted by Gasteiger charge is 2.14. The lowest BCUT2D eigenvalue weighted by atomic mass is 9.95. The zero-order chi connectivity index (χ0) is 18.8. The molecule has 0 aromatic heterocycles. The molecule has 0 bridgehead atoms. The highest BCUT2D eigenvalue weighted by atomic mass is 35.5. The second-order valence-corrected chi connectivity index (χ2v) is 6.96. The average Bonchev–Trinajstić information content (AvgIpc) is 2.65. The lowest BCUT2D eigenvalue weighted by Gasteiger charge is -2.23. The monoisotopic (exact) mass is 377 g/mol. The van der Waals surface area contributed by atoms with Gasteiger partial charge in [-0.15, -0.1) is 0 Å². The van der Waals surface area contributed by atoms with Crippen molar-refractivity contribution >= 4 is 23.1 Å². The lowest BCUT2D eigenvalue weighted by molar-refractivity contribution is 0.647. The van der Waals surface area contributed by atoms with Crippen molar-refractivity contribution in [1.29, 1.82) is 0 Å². The summed E-state index contributed by atoms with van der Waals surface area (Å²) < 4.78 is 0. The summed E-state index contributed by atoms with van der Waals surface area (Å²) >= 11 is 6.09. The number of nitrogens with zero attached hydrogens (tertiary/aromatic N) is 2. The summed E-state index contributed by atoms with van der Waals surface area (Å²) in [5.74, 6) is 0.957. The van der Waals surface area contributed by atoms with Crippen LogP contribution in [0.15, 0.2) is 40.5 Å². The maximum absolute atomic E-state index is 6.15. The van der Waals surface area contributed by atoms with Crippen molar-refractivity contribution in [3.63, 3.8) is 0 Å². The van der Waals surface area contributed by atoms with Crippen LogP contribution in [-0.4, -0.2) is 45.6 Å². The second kappa shape index (κ2) is 11.1. The fourth-order valence-corrected chi connectivity index (χ4v) is 3.46. The molecule has 0 saturated heterocycles. The number of benzene rings is 1. The molecule has 2 rings (SSSR count). The molecule has 4 N–H and O–H groups in total. The van der Waals surface area contributed by atoms with E-state index in [1.54, 1.807) is 0 Å². The summed E-state index contributed by atoms with van der Waals surface area (Å²) in [5, 5.41) is 7.70. The molecule has 1 aromatic carbocycles. The molecule has 0 fully saturated rings. The van der Waals surface area contributed by atoms with E-state index in [1.165, 1.54) is 24.1 Å². The summed E-state index contributed by atoms with van der Waals surface area (Å²) in [4.78, 5) is 6.71. The van der Waals surface area contributed by atoms with E-state index in [9.17, 15) is 0 Å². The Morgan fingerprint density at radius 2 is 2.04 bits per heavy atom. The largest absolute Gasteiger partial charge is 0.402 e. The van der Waals surface area contributed by atoms with Gasteiger partial charge in [0, 0.05) is 61.8 Å². The van der Waals surface area contributed by atoms with Gasteiger partial charge in [0.2, 0.25) is 0 Å². The van der Waals surface area contributed by atoms with Crippen molar-refractivity contribution in [2.75, 3.05) is 44.7 Å². The molecule has 6 heteroatoms. The van der Waals surface area contributed by atoms with Crippen molar-refractivity contribution in [2.24, 2.45) is 10.7 Å². The van der Waals surface area contributed by atoms with Gasteiger partial charge >= 0.3 is 0 Å². The van der Waals surface area contributed by atoms with Crippen LogP contribution in [-0.2, 0) is 0 Å². The number of nitrogens with one attached hydrogen (secondary N) is 2. The fourth-order valence-electron chi connectivity index (χ4n) is 3.27. The molecular formula is C20H32ClN5. The van der Waals surface area contributed by atoms with E-state index in [0.29, 0.717) is 0 Å². The summed E-state index contributed by atoms with van der Waals surface area (Å²) in [7, 11) is 1.83. The van der Waals surface area contributed by atoms with E-state index in [0.717, 1.165) is 62.1 Å². The number of halogens is 1. The van der Waals surface area contributed by atoms with Gasteiger partial charge in [0.15, 0.2) is 0 Å². The first-order chi connectivity index (χ1) is 12.7. The van der Waals surface area contributed by atoms with Gasteiger partial charge in [-0.05, 0) is 50.8 Å². The maximum atomic E-state index is 6.15. The topological polar surface area (TPSA) is 65.7 Å². The lowest BCUT2D eigenvalue weighted by Crippen LogP contribution is -2.37. The number of amidine groups is 1. The van der Waals surface area contributed by atoms with Gasteiger partial charge in [-0.2, -0.15) is 0 Å². The molecule has 1 aromatic rings. The molecule has 1 aliphatic carbocycles. The van der Waals surface area contributed by atoms with Gasteiger partial charge in [-0.25, -0.2) is 0 Å². The van der Waals surface area contributed by atoms with Gasteiger partial charge in [0.25, 0.3) is 0 Å².